The Hall–Kier alpha value is -3.41. The van der Waals surface area contributed by atoms with Crippen LogP contribution in [0.2, 0.25) is 0 Å². The van der Waals surface area contributed by atoms with E-state index in [1.165, 1.54) is 0 Å². The minimum atomic E-state index is -0.651. The van der Waals surface area contributed by atoms with E-state index in [2.05, 4.69) is 38.9 Å². The maximum atomic E-state index is 11.8. The molecule has 1 aromatic heterocycles. The predicted molar refractivity (Wildman–Crippen MR) is 97.1 cm³/mol. The number of H-pyrrole nitrogens is 1. The van der Waals surface area contributed by atoms with Gasteiger partial charge in [0.2, 0.25) is 5.91 Å². The normalized spacial score (nSPS) is 16.8. The molecule has 6 heteroatoms. The summed E-state index contributed by atoms with van der Waals surface area (Å²) in [6.45, 7) is 0. The van der Waals surface area contributed by atoms with Crippen molar-refractivity contribution in [2.24, 2.45) is 5.73 Å². The molecule has 2 aromatic carbocycles. The average molecular weight is 347 g/mol. The molecular weight excluding hydrogens is 330 g/mol. The molecule has 3 aromatic rings. The number of aromatic nitrogens is 2. The number of nitrogens with two attached hydrogens (primary N) is 1. The lowest BCUT2D eigenvalue weighted by molar-refractivity contribution is -0.114. The summed E-state index contributed by atoms with van der Waals surface area (Å²) in [6, 6.07) is 18.3. The molecule has 130 valence electrons. The van der Waals surface area contributed by atoms with E-state index >= 15 is 0 Å². The number of carbonyl (C=O) groups excluding carboxylic acids is 1. The summed E-state index contributed by atoms with van der Waals surface area (Å²) in [6.07, 6.45) is 1.28. The molecule has 0 bridgehead atoms. The van der Waals surface area contributed by atoms with Crippen molar-refractivity contribution in [2.75, 3.05) is 0 Å². The third-order valence-electron chi connectivity index (χ3n) is 4.77. The number of rotatable bonds is 4. The van der Waals surface area contributed by atoms with Gasteiger partial charge < -0.3 is 5.73 Å². The van der Waals surface area contributed by atoms with Crippen LogP contribution < -0.4 is 11.5 Å². The van der Waals surface area contributed by atoms with E-state index in [1.54, 1.807) is 0 Å². The molecule has 26 heavy (non-hydrogen) atoms. The molecule has 0 radical (unpaired) electrons. The quantitative estimate of drug-likeness (QED) is 0.757. The third-order valence-corrected chi connectivity index (χ3v) is 4.77. The Morgan fingerprint density at radius 1 is 1.08 bits per heavy atom. The summed E-state index contributed by atoms with van der Waals surface area (Å²) in [5.74, 6) is -0.935. The lowest BCUT2D eigenvalue weighted by Crippen LogP contribution is -2.14. The SMILES string of the molecule is NC(=O)C1=C(c2noc(=O)[nH]2)C(c2ccc(-c3ccccc3)cc2)CC1. The van der Waals surface area contributed by atoms with Gasteiger partial charge >= 0.3 is 5.76 Å². The Kier molecular flexibility index (Phi) is 4.01. The van der Waals surface area contributed by atoms with Crippen LogP contribution in [0.15, 0.2) is 69.5 Å². The average Bonchev–Trinajstić information content (AvgIpc) is 3.28. The highest BCUT2D eigenvalue weighted by Gasteiger charge is 2.32. The highest BCUT2D eigenvalue weighted by molar-refractivity contribution is 6.01. The Morgan fingerprint density at radius 2 is 1.77 bits per heavy atom. The van der Waals surface area contributed by atoms with Crippen molar-refractivity contribution in [3.05, 3.63) is 82.1 Å². The number of nitrogens with one attached hydrogen (secondary N) is 1. The minimum Gasteiger partial charge on any atom is -0.366 e. The second-order valence-electron chi connectivity index (χ2n) is 6.28. The second-order valence-corrected chi connectivity index (χ2v) is 6.28. The molecule has 0 saturated heterocycles. The first-order valence-corrected chi connectivity index (χ1v) is 8.38. The fourth-order valence-corrected chi connectivity index (χ4v) is 3.56. The van der Waals surface area contributed by atoms with Gasteiger partial charge in [0.25, 0.3) is 0 Å². The summed E-state index contributed by atoms with van der Waals surface area (Å²) >= 11 is 0. The van der Waals surface area contributed by atoms with Crippen molar-refractivity contribution in [2.45, 2.75) is 18.8 Å². The fourth-order valence-electron chi connectivity index (χ4n) is 3.56. The van der Waals surface area contributed by atoms with Crippen LogP contribution in [0, 0.1) is 0 Å². The number of hydrogen-bond acceptors (Lipinski definition) is 4. The summed E-state index contributed by atoms with van der Waals surface area (Å²) in [5, 5.41) is 3.76. The zero-order valence-electron chi connectivity index (χ0n) is 13.9. The summed E-state index contributed by atoms with van der Waals surface area (Å²) in [4.78, 5) is 25.7. The predicted octanol–water partition coefficient (Wildman–Crippen LogP) is 2.85. The van der Waals surface area contributed by atoms with Gasteiger partial charge in [0.15, 0.2) is 5.82 Å². The molecule has 0 spiro atoms. The lowest BCUT2D eigenvalue weighted by Gasteiger charge is -2.14. The van der Waals surface area contributed by atoms with Gasteiger partial charge in [0, 0.05) is 17.1 Å². The van der Waals surface area contributed by atoms with Crippen LogP contribution in [0.5, 0.6) is 0 Å². The number of benzene rings is 2. The lowest BCUT2D eigenvalue weighted by atomic mass is 9.90. The van der Waals surface area contributed by atoms with Crippen LogP contribution in [-0.2, 0) is 4.79 Å². The number of primary amides is 1. The molecule has 1 atom stereocenters. The molecule has 6 nitrogen and oxygen atoms in total. The molecule has 0 saturated carbocycles. The van der Waals surface area contributed by atoms with Gasteiger partial charge in [-0.05, 0) is 29.5 Å². The Bertz CT molecular complexity index is 1030. The van der Waals surface area contributed by atoms with E-state index in [0.717, 1.165) is 23.1 Å². The molecular formula is C20H17N3O3. The Labute approximate surface area is 149 Å². The van der Waals surface area contributed by atoms with E-state index in [0.29, 0.717) is 17.6 Å². The smallest absolute Gasteiger partial charge is 0.366 e. The minimum absolute atomic E-state index is 0.0666. The first kappa shape index (κ1) is 16.1. The first-order chi connectivity index (χ1) is 12.6. The molecule has 0 aliphatic heterocycles. The molecule has 1 aliphatic carbocycles. The standard InChI is InChI=1S/C20H17N3O3/c21-18(24)16-11-10-15(17(16)19-22-20(25)26-23-19)14-8-6-13(7-9-14)12-4-2-1-3-5-12/h1-9,15H,10-11H2,(H2,21,24)(H,22,23,25). The summed E-state index contributed by atoms with van der Waals surface area (Å²) in [5.41, 5.74) is 9.96. The summed E-state index contributed by atoms with van der Waals surface area (Å²) in [7, 11) is 0. The van der Waals surface area contributed by atoms with Gasteiger partial charge in [-0.15, -0.1) is 0 Å². The van der Waals surface area contributed by atoms with Gasteiger partial charge in [-0.1, -0.05) is 59.8 Å². The van der Waals surface area contributed by atoms with Crippen molar-refractivity contribution >= 4 is 11.5 Å². The van der Waals surface area contributed by atoms with Crippen molar-refractivity contribution in [3.63, 3.8) is 0 Å². The van der Waals surface area contributed by atoms with E-state index in [1.807, 2.05) is 30.3 Å². The van der Waals surface area contributed by atoms with Crippen molar-refractivity contribution < 1.29 is 9.32 Å². The highest BCUT2D eigenvalue weighted by atomic mass is 16.5. The molecule has 1 aliphatic rings. The van der Waals surface area contributed by atoms with Gasteiger partial charge in [-0.3, -0.25) is 14.3 Å². The fraction of sp³-hybridized carbons (Fsp3) is 0.150. The topological polar surface area (TPSA) is 102 Å². The molecule has 1 unspecified atom stereocenters. The van der Waals surface area contributed by atoms with Gasteiger partial charge in [0.1, 0.15) is 0 Å². The number of nitrogens with zero attached hydrogens (tertiary/aromatic N) is 1. The highest BCUT2D eigenvalue weighted by Crippen LogP contribution is 2.44. The zero-order chi connectivity index (χ0) is 18.1. The van der Waals surface area contributed by atoms with Gasteiger partial charge in [-0.25, -0.2) is 4.79 Å². The Morgan fingerprint density at radius 3 is 2.38 bits per heavy atom. The maximum absolute atomic E-state index is 11.8. The van der Waals surface area contributed by atoms with E-state index in [9.17, 15) is 9.59 Å². The maximum Gasteiger partial charge on any atom is 0.439 e. The van der Waals surface area contributed by atoms with Crippen LogP contribution in [-0.4, -0.2) is 16.0 Å². The van der Waals surface area contributed by atoms with Gasteiger partial charge in [-0.2, -0.15) is 0 Å². The monoisotopic (exact) mass is 347 g/mol. The van der Waals surface area contributed by atoms with Crippen molar-refractivity contribution in [1.29, 1.82) is 0 Å². The molecule has 0 fully saturated rings. The molecule has 4 rings (SSSR count). The van der Waals surface area contributed by atoms with Crippen LogP contribution in [0.4, 0.5) is 0 Å². The molecule has 1 heterocycles. The number of aromatic amines is 1. The van der Waals surface area contributed by atoms with E-state index < -0.39 is 11.7 Å². The number of hydrogen-bond donors (Lipinski definition) is 2. The second kappa shape index (κ2) is 6.48. The first-order valence-electron chi connectivity index (χ1n) is 8.38. The Balaban J connectivity index is 1.72. The zero-order valence-corrected chi connectivity index (χ0v) is 13.9. The number of allylic oxidation sites excluding steroid dienone is 1. The van der Waals surface area contributed by atoms with E-state index in [-0.39, 0.29) is 11.7 Å². The number of carbonyl (C=O) groups is 1. The third kappa shape index (κ3) is 2.86. The molecule has 3 N–H and O–H groups in total. The van der Waals surface area contributed by atoms with E-state index in [4.69, 9.17) is 5.73 Å². The number of amides is 1. The van der Waals surface area contributed by atoms with Gasteiger partial charge in [0.05, 0.1) is 0 Å². The van der Waals surface area contributed by atoms with Crippen LogP contribution in [0.25, 0.3) is 16.7 Å². The van der Waals surface area contributed by atoms with Crippen LogP contribution >= 0.6 is 0 Å². The van der Waals surface area contributed by atoms with Crippen LogP contribution in [0.1, 0.15) is 30.1 Å². The largest absolute Gasteiger partial charge is 0.439 e. The summed E-state index contributed by atoms with van der Waals surface area (Å²) < 4.78 is 4.62. The molecule has 1 amide bonds. The van der Waals surface area contributed by atoms with Crippen molar-refractivity contribution in [3.8, 4) is 11.1 Å². The van der Waals surface area contributed by atoms with Crippen LogP contribution in [0.3, 0.4) is 0 Å². The van der Waals surface area contributed by atoms with Crippen molar-refractivity contribution in [1.82, 2.24) is 10.1 Å².